The van der Waals surface area contributed by atoms with Gasteiger partial charge >= 0.3 is 0 Å². The summed E-state index contributed by atoms with van der Waals surface area (Å²) in [6, 6.07) is 11.5. The fourth-order valence-electron chi connectivity index (χ4n) is 6.36. The van der Waals surface area contributed by atoms with Gasteiger partial charge in [-0.3, -0.25) is 4.99 Å². The van der Waals surface area contributed by atoms with Crippen LogP contribution in [0.1, 0.15) is 49.7 Å². The molecule has 28 heavy (non-hydrogen) atoms. The van der Waals surface area contributed by atoms with Crippen LogP contribution in [0.3, 0.4) is 0 Å². The van der Waals surface area contributed by atoms with Gasteiger partial charge in [-0.1, -0.05) is 17.7 Å². The molecule has 0 atom stereocenters. The predicted octanol–water partition coefficient (Wildman–Crippen LogP) is 6.27. The number of rotatable bonds is 4. The summed E-state index contributed by atoms with van der Waals surface area (Å²) in [6.07, 6.45) is 9.95. The van der Waals surface area contributed by atoms with E-state index in [2.05, 4.69) is 17.1 Å². The van der Waals surface area contributed by atoms with Crippen LogP contribution < -0.4 is 4.74 Å². The number of hydrogen-bond donors (Lipinski definition) is 1. The monoisotopic (exact) mass is 395 g/mol. The minimum absolute atomic E-state index is 0.262. The van der Waals surface area contributed by atoms with E-state index in [-0.39, 0.29) is 5.75 Å². The van der Waals surface area contributed by atoms with Gasteiger partial charge in [0.05, 0.1) is 7.11 Å². The highest BCUT2D eigenvalue weighted by Gasteiger charge is 2.51. The topological polar surface area (TPSA) is 41.8 Å². The molecule has 0 spiro atoms. The quantitative estimate of drug-likeness (QED) is 0.619. The van der Waals surface area contributed by atoms with Crippen molar-refractivity contribution in [2.24, 2.45) is 22.7 Å². The molecule has 4 bridgehead atoms. The number of methoxy groups -OCH3 is 1. The Labute approximate surface area is 171 Å². The van der Waals surface area contributed by atoms with E-state index in [1.807, 2.05) is 6.07 Å². The Bertz CT molecular complexity index is 901. The van der Waals surface area contributed by atoms with Gasteiger partial charge in [0.15, 0.2) is 0 Å². The SMILES string of the molecule is COc1ccc(Cl)cc1N=Cc1cc(C23CC4CC(CC(C4)C2)C3)ccc1O. The third kappa shape index (κ3) is 3.10. The van der Waals surface area contributed by atoms with E-state index in [0.29, 0.717) is 21.9 Å². The zero-order valence-corrected chi connectivity index (χ0v) is 17.0. The molecule has 146 valence electrons. The second kappa shape index (κ2) is 6.81. The molecule has 4 saturated carbocycles. The van der Waals surface area contributed by atoms with Crippen LogP contribution in [0, 0.1) is 17.8 Å². The molecular formula is C24H26ClNO2. The van der Waals surface area contributed by atoms with Gasteiger partial charge < -0.3 is 9.84 Å². The molecule has 6 rings (SSSR count). The summed E-state index contributed by atoms with van der Waals surface area (Å²) >= 11 is 6.11. The van der Waals surface area contributed by atoms with Crippen molar-refractivity contribution < 1.29 is 9.84 Å². The smallest absolute Gasteiger partial charge is 0.144 e. The fraction of sp³-hybridized carbons (Fsp3) is 0.458. The number of ether oxygens (including phenoxy) is 1. The number of aliphatic imine (C=N–C) groups is 1. The third-order valence-corrected chi connectivity index (χ3v) is 7.40. The average Bonchev–Trinajstić information content (AvgIpc) is 2.66. The first-order valence-electron chi connectivity index (χ1n) is 10.3. The first-order valence-corrected chi connectivity index (χ1v) is 10.6. The van der Waals surface area contributed by atoms with Crippen LogP contribution in [0.15, 0.2) is 41.4 Å². The minimum Gasteiger partial charge on any atom is -0.507 e. The molecular weight excluding hydrogens is 370 g/mol. The third-order valence-electron chi connectivity index (χ3n) is 7.16. The zero-order chi connectivity index (χ0) is 19.3. The highest BCUT2D eigenvalue weighted by Crippen LogP contribution is 2.60. The second-order valence-corrected chi connectivity index (χ2v) is 9.48. The molecule has 1 N–H and O–H groups in total. The Morgan fingerprint density at radius 1 is 1.04 bits per heavy atom. The molecule has 0 radical (unpaired) electrons. The Morgan fingerprint density at radius 3 is 2.36 bits per heavy atom. The van der Waals surface area contributed by atoms with Gasteiger partial charge in [-0.05, 0) is 97.6 Å². The lowest BCUT2D eigenvalue weighted by atomic mass is 9.48. The first-order chi connectivity index (χ1) is 13.5. The number of hydrogen-bond acceptors (Lipinski definition) is 3. The number of nitrogens with zero attached hydrogens (tertiary/aromatic N) is 1. The molecule has 0 aromatic heterocycles. The van der Waals surface area contributed by atoms with Gasteiger partial charge in [-0.15, -0.1) is 0 Å². The van der Waals surface area contributed by atoms with E-state index in [1.165, 1.54) is 44.1 Å². The van der Waals surface area contributed by atoms with Crippen molar-refractivity contribution in [3.05, 3.63) is 52.5 Å². The summed E-state index contributed by atoms with van der Waals surface area (Å²) < 4.78 is 5.37. The summed E-state index contributed by atoms with van der Waals surface area (Å²) in [6.45, 7) is 0. The Hall–Kier alpha value is -2.00. The highest BCUT2D eigenvalue weighted by atomic mass is 35.5. The Kier molecular flexibility index (Phi) is 4.39. The van der Waals surface area contributed by atoms with Crippen LogP contribution in [-0.4, -0.2) is 18.4 Å². The maximum atomic E-state index is 10.4. The lowest BCUT2D eigenvalue weighted by Gasteiger charge is -2.57. The fourth-order valence-corrected chi connectivity index (χ4v) is 6.52. The lowest BCUT2D eigenvalue weighted by Crippen LogP contribution is -2.48. The average molecular weight is 396 g/mol. The molecule has 4 fully saturated rings. The number of phenols is 1. The number of benzene rings is 2. The van der Waals surface area contributed by atoms with Gasteiger partial charge in [-0.2, -0.15) is 0 Å². The van der Waals surface area contributed by atoms with E-state index in [9.17, 15) is 5.11 Å². The van der Waals surface area contributed by atoms with Crippen LogP contribution in [-0.2, 0) is 5.41 Å². The summed E-state index contributed by atoms with van der Waals surface area (Å²) in [7, 11) is 1.62. The van der Waals surface area contributed by atoms with Crippen LogP contribution in [0.4, 0.5) is 5.69 Å². The van der Waals surface area contributed by atoms with Crippen LogP contribution >= 0.6 is 11.6 Å². The Morgan fingerprint density at radius 2 is 1.71 bits per heavy atom. The van der Waals surface area contributed by atoms with Crippen molar-refractivity contribution in [1.82, 2.24) is 0 Å². The molecule has 0 unspecified atom stereocenters. The van der Waals surface area contributed by atoms with Crippen molar-refractivity contribution in [3.8, 4) is 11.5 Å². The molecule has 0 amide bonds. The molecule has 0 saturated heterocycles. The minimum atomic E-state index is 0.262. The predicted molar refractivity (Wildman–Crippen MR) is 113 cm³/mol. The van der Waals surface area contributed by atoms with Crippen LogP contribution in [0.5, 0.6) is 11.5 Å². The van der Waals surface area contributed by atoms with Crippen molar-refractivity contribution in [2.75, 3.05) is 7.11 Å². The molecule has 0 heterocycles. The number of phenolic OH excluding ortho intramolecular Hbond substituents is 1. The largest absolute Gasteiger partial charge is 0.507 e. The summed E-state index contributed by atoms with van der Waals surface area (Å²) in [5, 5.41) is 11.0. The van der Waals surface area contributed by atoms with E-state index < -0.39 is 0 Å². The highest BCUT2D eigenvalue weighted by molar-refractivity contribution is 6.30. The van der Waals surface area contributed by atoms with E-state index in [4.69, 9.17) is 16.3 Å². The van der Waals surface area contributed by atoms with Gasteiger partial charge in [0.2, 0.25) is 0 Å². The molecule has 4 aliphatic carbocycles. The lowest BCUT2D eigenvalue weighted by molar-refractivity contribution is -0.00520. The maximum Gasteiger partial charge on any atom is 0.144 e. The second-order valence-electron chi connectivity index (χ2n) is 9.05. The number of aromatic hydroxyl groups is 1. The summed E-state index contributed by atoms with van der Waals surface area (Å²) in [5.74, 6) is 3.62. The van der Waals surface area contributed by atoms with Gasteiger partial charge in [-0.25, -0.2) is 0 Å². The summed E-state index contributed by atoms with van der Waals surface area (Å²) in [4.78, 5) is 4.56. The number of halogens is 1. The standard InChI is InChI=1S/C24H26ClNO2/c1-28-23-5-3-20(25)10-21(23)26-14-18-9-19(2-4-22(18)27)24-11-15-6-16(12-24)8-17(7-15)13-24/h2-5,9-10,14-17,27H,6-8,11-13H2,1H3. The molecule has 2 aromatic rings. The molecule has 4 heteroatoms. The van der Waals surface area contributed by atoms with E-state index in [0.717, 1.165) is 23.3 Å². The first kappa shape index (κ1) is 18.1. The van der Waals surface area contributed by atoms with Gasteiger partial charge in [0, 0.05) is 16.8 Å². The van der Waals surface area contributed by atoms with E-state index >= 15 is 0 Å². The zero-order valence-electron chi connectivity index (χ0n) is 16.2. The van der Waals surface area contributed by atoms with Crippen molar-refractivity contribution in [3.63, 3.8) is 0 Å². The summed E-state index contributed by atoms with van der Waals surface area (Å²) in [5.41, 5.74) is 3.10. The van der Waals surface area contributed by atoms with Crippen molar-refractivity contribution >= 4 is 23.5 Å². The van der Waals surface area contributed by atoms with Gasteiger partial charge in [0.1, 0.15) is 17.2 Å². The molecule has 2 aromatic carbocycles. The van der Waals surface area contributed by atoms with Crippen molar-refractivity contribution in [2.45, 2.75) is 43.9 Å². The molecule has 0 aliphatic heterocycles. The van der Waals surface area contributed by atoms with Crippen LogP contribution in [0.25, 0.3) is 0 Å². The molecule has 4 aliphatic rings. The molecule has 3 nitrogen and oxygen atoms in total. The van der Waals surface area contributed by atoms with E-state index in [1.54, 1.807) is 31.5 Å². The van der Waals surface area contributed by atoms with Gasteiger partial charge in [0.25, 0.3) is 0 Å². The maximum absolute atomic E-state index is 10.4. The van der Waals surface area contributed by atoms with Crippen LogP contribution in [0.2, 0.25) is 5.02 Å². The normalized spacial score (nSPS) is 30.9. The van der Waals surface area contributed by atoms with Crippen molar-refractivity contribution in [1.29, 1.82) is 0 Å². The Balaban J connectivity index is 1.48.